The molecular weight excluding hydrogens is 302 g/mol. The van der Waals surface area contributed by atoms with Crippen LogP contribution in [0.3, 0.4) is 0 Å². The third-order valence-corrected chi connectivity index (χ3v) is 5.06. The van der Waals surface area contributed by atoms with Gasteiger partial charge in [-0.3, -0.25) is 5.10 Å². The van der Waals surface area contributed by atoms with E-state index in [1.54, 1.807) is 6.07 Å². The highest BCUT2D eigenvalue weighted by atomic mass is 15.2. The van der Waals surface area contributed by atoms with Crippen LogP contribution in [0, 0.1) is 0 Å². The van der Waals surface area contributed by atoms with E-state index >= 15 is 0 Å². The lowest BCUT2D eigenvalue weighted by molar-refractivity contribution is 0.207. The Morgan fingerprint density at radius 3 is 2.54 bits per heavy atom. The second-order valence-electron chi connectivity index (χ2n) is 6.70. The van der Waals surface area contributed by atoms with Crippen molar-refractivity contribution in [3.63, 3.8) is 0 Å². The number of piperidine rings is 1. The number of likely N-dealkylation sites (tertiary alicyclic amines) is 1. The van der Waals surface area contributed by atoms with Crippen LogP contribution < -0.4 is 16.0 Å². The number of nitrogens with two attached hydrogens (primary N) is 1. The lowest BCUT2D eigenvalue weighted by Gasteiger charge is -2.37. The lowest BCUT2D eigenvalue weighted by atomic mass is 10.0. The van der Waals surface area contributed by atoms with Crippen molar-refractivity contribution in [1.82, 2.24) is 20.1 Å². The van der Waals surface area contributed by atoms with Crippen LogP contribution in [0.25, 0.3) is 0 Å². The Morgan fingerprint density at radius 1 is 1.12 bits per heavy atom. The van der Waals surface area contributed by atoms with Gasteiger partial charge < -0.3 is 20.9 Å². The molecule has 2 aliphatic heterocycles. The summed E-state index contributed by atoms with van der Waals surface area (Å²) in [7, 11) is 0. The highest BCUT2D eigenvalue weighted by molar-refractivity contribution is 5.59. The van der Waals surface area contributed by atoms with Crippen molar-refractivity contribution in [3.8, 4) is 0 Å². The Kier molecular flexibility index (Phi) is 4.25. The van der Waals surface area contributed by atoms with Gasteiger partial charge in [0.15, 0.2) is 5.82 Å². The second kappa shape index (κ2) is 6.68. The molecule has 0 amide bonds. The number of nitrogen functional groups attached to an aromatic ring is 1. The summed E-state index contributed by atoms with van der Waals surface area (Å²) in [4.78, 5) is 9.67. The fourth-order valence-corrected chi connectivity index (χ4v) is 3.76. The Morgan fingerprint density at radius 2 is 1.92 bits per heavy atom. The number of anilines is 4. The first kappa shape index (κ1) is 15.3. The van der Waals surface area contributed by atoms with Gasteiger partial charge in [-0.25, -0.2) is 4.98 Å². The van der Waals surface area contributed by atoms with Gasteiger partial charge in [-0.15, -0.1) is 0 Å². The predicted molar refractivity (Wildman–Crippen MR) is 96.6 cm³/mol. The van der Waals surface area contributed by atoms with Crippen LogP contribution >= 0.6 is 0 Å². The summed E-state index contributed by atoms with van der Waals surface area (Å²) in [5.41, 5.74) is 6.54. The number of aromatic amines is 1. The molecule has 0 aliphatic carbocycles. The van der Waals surface area contributed by atoms with E-state index in [-0.39, 0.29) is 0 Å². The zero-order valence-electron chi connectivity index (χ0n) is 13.9. The van der Waals surface area contributed by atoms with Crippen LogP contribution in [0.2, 0.25) is 0 Å². The summed E-state index contributed by atoms with van der Waals surface area (Å²) < 4.78 is 0. The highest BCUT2D eigenvalue weighted by Gasteiger charge is 2.26. The number of nitrogens with zero attached hydrogens (tertiary/aromatic N) is 4. The fraction of sp³-hybridized carbons (Fsp3) is 0.529. The monoisotopic (exact) mass is 327 g/mol. The molecule has 0 spiro atoms. The zero-order valence-corrected chi connectivity index (χ0v) is 13.9. The standard InChI is InChI=1S/C17H25N7/c18-15-11-16(22-21-15)20-13-3-4-17(19-12-13)24-9-5-14(6-10-24)23-7-1-2-8-23/h3-4,11-12,14H,1-2,5-10H2,(H4,18,20,21,22). The van der Waals surface area contributed by atoms with E-state index in [0.717, 1.165) is 30.6 Å². The van der Waals surface area contributed by atoms with Crippen LogP contribution in [0.4, 0.5) is 23.1 Å². The van der Waals surface area contributed by atoms with Crippen molar-refractivity contribution in [3.05, 3.63) is 24.4 Å². The predicted octanol–water partition coefficient (Wildman–Crippen LogP) is 2.20. The summed E-state index contributed by atoms with van der Waals surface area (Å²) in [5, 5.41) is 9.97. The molecule has 0 bridgehead atoms. The molecule has 24 heavy (non-hydrogen) atoms. The van der Waals surface area contributed by atoms with Gasteiger partial charge in [0.1, 0.15) is 11.6 Å². The maximum absolute atomic E-state index is 5.63. The Hall–Kier alpha value is -2.28. The minimum atomic E-state index is 0.544. The molecule has 0 atom stereocenters. The van der Waals surface area contributed by atoms with Gasteiger partial charge in [-0.05, 0) is 50.9 Å². The van der Waals surface area contributed by atoms with Gasteiger partial charge in [0.25, 0.3) is 0 Å². The number of pyridine rings is 1. The summed E-state index contributed by atoms with van der Waals surface area (Å²) in [5.74, 6) is 2.30. The summed E-state index contributed by atoms with van der Waals surface area (Å²) in [6.45, 7) is 4.77. The molecule has 0 aromatic carbocycles. The smallest absolute Gasteiger partial charge is 0.154 e. The molecule has 2 aromatic rings. The van der Waals surface area contributed by atoms with E-state index in [2.05, 4.69) is 36.4 Å². The Labute approximate surface area is 142 Å². The van der Waals surface area contributed by atoms with Crippen LogP contribution in [-0.2, 0) is 0 Å². The molecule has 128 valence electrons. The van der Waals surface area contributed by atoms with Crippen LogP contribution in [0.1, 0.15) is 25.7 Å². The molecule has 7 heteroatoms. The van der Waals surface area contributed by atoms with Crippen molar-refractivity contribution in [2.45, 2.75) is 31.7 Å². The maximum atomic E-state index is 5.63. The van der Waals surface area contributed by atoms with E-state index in [9.17, 15) is 0 Å². The molecule has 2 aliphatic rings. The number of hydrogen-bond donors (Lipinski definition) is 3. The molecule has 0 radical (unpaired) electrons. The molecule has 4 N–H and O–H groups in total. The topological polar surface area (TPSA) is 86.1 Å². The van der Waals surface area contributed by atoms with Crippen molar-refractivity contribution in [1.29, 1.82) is 0 Å². The largest absolute Gasteiger partial charge is 0.384 e. The molecule has 4 rings (SSSR count). The first-order chi connectivity index (χ1) is 11.8. The minimum absolute atomic E-state index is 0.544. The highest BCUT2D eigenvalue weighted by Crippen LogP contribution is 2.25. The Bertz CT molecular complexity index is 652. The number of hydrogen-bond acceptors (Lipinski definition) is 6. The quantitative estimate of drug-likeness (QED) is 0.798. The lowest BCUT2D eigenvalue weighted by Crippen LogP contribution is -2.44. The molecule has 4 heterocycles. The van der Waals surface area contributed by atoms with Gasteiger partial charge >= 0.3 is 0 Å². The second-order valence-corrected chi connectivity index (χ2v) is 6.70. The third-order valence-electron chi connectivity index (χ3n) is 5.06. The molecule has 2 fully saturated rings. The van der Waals surface area contributed by atoms with Crippen LogP contribution in [0.15, 0.2) is 24.4 Å². The molecule has 0 saturated carbocycles. The summed E-state index contributed by atoms with van der Waals surface area (Å²) in [6, 6.07) is 6.65. The van der Waals surface area contributed by atoms with Gasteiger partial charge in [-0.1, -0.05) is 0 Å². The molecule has 2 aromatic heterocycles. The van der Waals surface area contributed by atoms with Gasteiger partial charge in [-0.2, -0.15) is 5.10 Å². The SMILES string of the molecule is Nc1cc(Nc2ccc(N3CCC(N4CCCC4)CC3)nc2)n[nH]1. The van der Waals surface area contributed by atoms with Crippen molar-refractivity contribution in [2.24, 2.45) is 0 Å². The van der Waals surface area contributed by atoms with E-state index < -0.39 is 0 Å². The van der Waals surface area contributed by atoms with Crippen LogP contribution in [-0.4, -0.2) is 52.3 Å². The van der Waals surface area contributed by atoms with Crippen molar-refractivity contribution in [2.75, 3.05) is 42.1 Å². The third kappa shape index (κ3) is 3.31. The van der Waals surface area contributed by atoms with Crippen molar-refractivity contribution >= 4 is 23.1 Å². The van der Waals surface area contributed by atoms with E-state index in [0.29, 0.717) is 11.6 Å². The molecule has 2 saturated heterocycles. The zero-order chi connectivity index (χ0) is 16.4. The summed E-state index contributed by atoms with van der Waals surface area (Å²) >= 11 is 0. The van der Waals surface area contributed by atoms with Crippen molar-refractivity contribution < 1.29 is 0 Å². The number of rotatable bonds is 4. The average Bonchev–Trinajstić information content (AvgIpc) is 3.28. The fourth-order valence-electron chi connectivity index (χ4n) is 3.76. The molecular formula is C17H25N7. The minimum Gasteiger partial charge on any atom is -0.384 e. The number of aromatic nitrogens is 3. The molecule has 0 unspecified atom stereocenters. The number of nitrogens with one attached hydrogen (secondary N) is 2. The van der Waals surface area contributed by atoms with E-state index in [4.69, 9.17) is 5.73 Å². The average molecular weight is 327 g/mol. The Balaban J connectivity index is 1.33. The van der Waals surface area contributed by atoms with Gasteiger partial charge in [0.05, 0.1) is 11.9 Å². The maximum Gasteiger partial charge on any atom is 0.154 e. The first-order valence-corrected chi connectivity index (χ1v) is 8.81. The first-order valence-electron chi connectivity index (χ1n) is 8.81. The van der Waals surface area contributed by atoms with E-state index in [1.165, 1.54) is 38.8 Å². The van der Waals surface area contributed by atoms with Crippen LogP contribution in [0.5, 0.6) is 0 Å². The summed E-state index contributed by atoms with van der Waals surface area (Å²) in [6.07, 6.45) is 7.09. The van der Waals surface area contributed by atoms with Gasteiger partial charge in [0.2, 0.25) is 0 Å². The number of H-pyrrole nitrogens is 1. The van der Waals surface area contributed by atoms with Gasteiger partial charge in [0, 0.05) is 25.2 Å². The molecule has 7 nitrogen and oxygen atoms in total. The normalized spacial score (nSPS) is 19.8. The van der Waals surface area contributed by atoms with E-state index in [1.807, 2.05) is 12.3 Å².